The summed E-state index contributed by atoms with van der Waals surface area (Å²) in [4.78, 5) is 4.92. The van der Waals surface area contributed by atoms with E-state index in [-0.39, 0.29) is 0 Å². The molecule has 0 aliphatic heterocycles. The van der Waals surface area contributed by atoms with Gasteiger partial charge in [-0.25, -0.2) is 0 Å². The molecule has 0 fully saturated rings. The Hall–Kier alpha value is -4.21. The predicted octanol–water partition coefficient (Wildman–Crippen LogP) is 8.85. The molecule has 34 heavy (non-hydrogen) atoms. The Balaban J connectivity index is 1.71. The maximum Gasteiger partial charge on any atom is 0.0802 e. The SMILES string of the molecule is c1ccc(-n2c3ccccc3c3c4cc5c(cc4c4ncccc4c32)sc2ccccc25)cc1. The Morgan fingerprint density at radius 1 is 0.559 bits per heavy atom. The molecule has 0 aliphatic carbocycles. The average Bonchev–Trinajstić information content (AvgIpc) is 3.44. The van der Waals surface area contributed by atoms with Crippen LogP contribution in [-0.2, 0) is 0 Å². The highest BCUT2D eigenvalue weighted by Crippen LogP contribution is 2.45. The van der Waals surface area contributed by atoms with Crippen LogP contribution in [0.5, 0.6) is 0 Å². The lowest BCUT2D eigenvalue weighted by Gasteiger charge is -2.11. The number of nitrogens with zero attached hydrogens (tertiary/aromatic N) is 2. The number of aromatic nitrogens is 2. The Morgan fingerprint density at radius 2 is 1.32 bits per heavy atom. The van der Waals surface area contributed by atoms with Crippen molar-refractivity contribution in [3.8, 4) is 5.69 Å². The third-order valence-corrected chi connectivity index (χ3v) is 8.13. The fourth-order valence-electron chi connectivity index (χ4n) is 5.60. The minimum Gasteiger partial charge on any atom is -0.309 e. The van der Waals surface area contributed by atoms with Gasteiger partial charge in [0, 0.05) is 53.6 Å². The first kappa shape index (κ1) is 18.2. The second kappa shape index (κ2) is 6.66. The molecule has 0 aliphatic rings. The van der Waals surface area contributed by atoms with E-state index in [2.05, 4.69) is 108 Å². The van der Waals surface area contributed by atoms with Gasteiger partial charge in [-0.3, -0.25) is 4.98 Å². The van der Waals surface area contributed by atoms with Gasteiger partial charge in [-0.1, -0.05) is 54.6 Å². The van der Waals surface area contributed by atoms with Crippen LogP contribution < -0.4 is 0 Å². The normalized spacial score (nSPS) is 12.1. The number of para-hydroxylation sites is 2. The van der Waals surface area contributed by atoms with Gasteiger partial charge in [0.25, 0.3) is 0 Å². The number of rotatable bonds is 1. The number of fused-ring (bicyclic) bond motifs is 11. The second-order valence-electron chi connectivity index (χ2n) is 8.80. The number of hydrogen-bond acceptors (Lipinski definition) is 2. The van der Waals surface area contributed by atoms with Gasteiger partial charge in [-0.2, -0.15) is 0 Å². The van der Waals surface area contributed by atoms with E-state index in [4.69, 9.17) is 4.98 Å². The van der Waals surface area contributed by atoms with Gasteiger partial charge in [0.2, 0.25) is 0 Å². The van der Waals surface area contributed by atoms with Gasteiger partial charge in [0.05, 0.1) is 16.6 Å². The van der Waals surface area contributed by atoms with E-state index >= 15 is 0 Å². The fourth-order valence-corrected chi connectivity index (χ4v) is 6.73. The van der Waals surface area contributed by atoms with Crippen molar-refractivity contribution in [1.82, 2.24) is 9.55 Å². The van der Waals surface area contributed by atoms with Crippen LogP contribution in [0.15, 0.2) is 109 Å². The maximum atomic E-state index is 4.92. The predicted molar refractivity (Wildman–Crippen MR) is 146 cm³/mol. The molecule has 0 amide bonds. The minimum absolute atomic E-state index is 1.06. The first-order valence-corrected chi connectivity index (χ1v) is 12.3. The second-order valence-corrected chi connectivity index (χ2v) is 9.89. The highest BCUT2D eigenvalue weighted by molar-refractivity contribution is 7.25. The minimum atomic E-state index is 1.06. The molecular weight excluding hydrogens is 432 g/mol. The van der Waals surface area contributed by atoms with Crippen molar-refractivity contribution in [1.29, 1.82) is 0 Å². The van der Waals surface area contributed by atoms with Crippen molar-refractivity contribution in [2.75, 3.05) is 0 Å². The highest BCUT2D eigenvalue weighted by Gasteiger charge is 2.20. The highest BCUT2D eigenvalue weighted by atomic mass is 32.1. The maximum absolute atomic E-state index is 4.92. The molecule has 2 nitrogen and oxygen atoms in total. The Bertz CT molecular complexity index is 2060. The van der Waals surface area contributed by atoms with Crippen LogP contribution in [0.4, 0.5) is 0 Å². The number of thiophene rings is 1. The zero-order valence-electron chi connectivity index (χ0n) is 18.2. The summed E-state index contributed by atoms with van der Waals surface area (Å²) in [5.74, 6) is 0. The molecule has 0 bridgehead atoms. The van der Waals surface area contributed by atoms with E-state index in [9.17, 15) is 0 Å². The fraction of sp³-hybridized carbons (Fsp3) is 0. The van der Waals surface area contributed by atoms with Crippen molar-refractivity contribution in [3.05, 3.63) is 109 Å². The van der Waals surface area contributed by atoms with Gasteiger partial charge in [0.15, 0.2) is 0 Å². The standard InChI is InChI=1S/C31H18N2S/c1-2-9-19(10-3-1)33-26-14-6-4-12-21(26)29-24-17-23-20-11-5-7-15-27(20)34-28(23)18-25(24)30-22(31(29)33)13-8-16-32-30/h1-18H. The lowest BCUT2D eigenvalue weighted by molar-refractivity contribution is 1.19. The van der Waals surface area contributed by atoms with Crippen LogP contribution in [0.1, 0.15) is 0 Å². The summed E-state index contributed by atoms with van der Waals surface area (Å²) in [5.41, 5.74) is 4.67. The third kappa shape index (κ3) is 2.32. The molecule has 0 saturated heterocycles. The Morgan fingerprint density at radius 3 is 2.24 bits per heavy atom. The monoisotopic (exact) mass is 450 g/mol. The molecule has 158 valence electrons. The summed E-state index contributed by atoms with van der Waals surface area (Å²) in [7, 11) is 0. The van der Waals surface area contributed by atoms with E-state index in [1.807, 2.05) is 17.5 Å². The molecule has 8 aromatic rings. The van der Waals surface area contributed by atoms with Crippen LogP contribution >= 0.6 is 11.3 Å². The molecule has 8 rings (SSSR count). The summed E-state index contributed by atoms with van der Waals surface area (Å²) >= 11 is 1.86. The lowest BCUT2D eigenvalue weighted by Crippen LogP contribution is -1.94. The molecule has 0 radical (unpaired) electrons. The topological polar surface area (TPSA) is 17.8 Å². The molecule has 0 N–H and O–H groups in total. The van der Waals surface area contributed by atoms with E-state index < -0.39 is 0 Å². The Kier molecular flexibility index (Phi) is 3.57. The van der Waals surface area contributed by atoms with Crippen molar-refractivity contribution < 1.29 is 0 Å². The molecular formula is C31H18N2S. The molecule has 3 aromatic heterocycles. The van der Waals surface area contributed by atoms with E-state index in [0.717, 1.165) is 5.52 Å². The summed E-state index contributed by atoms with van der Waals surface area (Å²) in [5, 5.41) is 8.89. The molecule has 3 heterocycles. The van der Waals surface area contributed by atoms with Crippen molar-refractivity contribution in [2.24, 2.45) is 0 Å². The molecule has 0 saturated carbocycles. The molecule has 0 unspecified atom stereocenters. The van der Waals surface area contributed by atoms with Gasteiger partial charge >= 0.3 is 0 Å². The lowest BCUT2D eigenvalue weighted by atomic mass is 9.98. The molecule has 5 aromatic carbocycles. The summed E-state index contributed by atoms with van der Waals surface area (Å²) < 4.78 is 5.05. The van der Waals surface area contributed by atoms with E-state index in [1.54, 1.807) is 0 Å². The molecule has 3 heteroatoms. The smallest absolute Gasteiger partial charge is 0.0802 e. The first-order valence-electron chi connectivity index (χ1n) is 11.5. The van der Waals surface area contributed by atoms with Gasteiger partial charge < -0.3 is 4.57 Å². The van der Waals surface area contributed by atoms with Gasteiger partial charge in [-0.05, 0) is 53.9 Å². The number of pyridine rings is 1. The zero-order chi connectivity index (χ0) is 22.2. The quantitative estimate of drug-likeness (QED) is 0.228. The average molecular weight is 451 g/mol. The summed E-state index contributed by atoms with van der Waals surface area (Å²) in [6.45, 7) is 0. The van der Waals surface area contributed by atoms with Crippen molar-refractivity contribution in [2.45, 2.75) is 0 Å². The van der Waals surface area contributed by atoms with E-state index in [0.29, 0.717) is 0 Å². The summed E-state index contributed by atoms with van der Waals surface area (Å²) in [6, 6.07) is 37.2. The van der Waals surface area contributed by atoms with Crippen molar-refractivity contribution >= 4 is 75.0 Å². The van der Waals surface area contributed by atoms with Gasteiger partial charge in [-0.15, -0.1) is 11.3 Å². The van der Waals surface area contributed by atoms with E-state index in [1.165, 1.54) is 63.8 Å². The van der Waals surface area contributed by atoms with Crippen LogP contribution in [0.2, 0.25) is 0 Å². The largest absolute Gasteiger partial charge is 0.309 e. The van der Waals surface area contributed by atoms with Gasteiger partial charge in [0.1, 0.15) is 0 Å². The van der Waals surface area contributed by atoms with Crippen LogP contribution in [0.3, 0.4) is 0 Å². The van der Waals surface area contributed by atoms with Crippen LogP contribution in [0.25, 0.3) is 69.3 Å². The van der Waals surface area contributed by atoms with Crippen molar-refractivity contribution in [3.63, 3.8) is 0 Å². The molecule has 0 atom stereocenters. The number of hydrogen-bond donors (Lipinski definition) is 0. The first-order chi connectivity index (χ1) is 16.9. The summed E-state index contributed by atoms with van der Waals surface area (Å²) in [6.07, 6.45) is 1.91. The van der Waals surface area contributed by atoms with Crippen LogP contribution in [-0.4, -0.2) is 9.55 Å². The van der Waals surface area contributed by atoms with Crippen LogP contribution in [0, 0.1) is 0 Å². The third-order valence-electron chi connectivity index (χ3n) is 6.99. The zero-order valence-corrected chi connectivity index (χ0v) is 19.0. The Labute approximate surface area is 199 Å². The number of benzene rings is 5. The molecule has 0 spiro atoms.